The van der Waals surface area contributed by atoms with Crippen LogP contribution in [0.25, 0.3) is 0 Å². The Bertz CT molecular complexity index is 305. The van der Waals surface area contributed by atoms with Crippen molar-refractivity contribution in [1.82, 2.24) is 9.97 Å². The molecular formula is C11H17N3. The quantitative estimate of drug-likeness (QED) is 0.717. The van der Waals surface area contributed by atoms with E-state index in [0.29, 0.717) is 6.04 Å². The van der Waals surface area contributed by atoms with Crippen LogP contribution in [0.1, 0.15) is 31.4 Å². The average molecular weight is 191 g/mol. The summed E-state index contributed by atoms with van der Waals surface area (Å²) >= 11 is 0. The van der Waals surface area contributed by atoms with E-state index in [-0.39, 0.29) is 0 Å². The Labute approximate surface area is 85.2 Å². The lowest BCUT2D eigenvalue weighted by Gasteiger charge is -2.24. The Kier molecular flexibility index (Phi) is 2.66. The monoisotopic (exact) mass is 191 g/mol. The summed E-state index contributed by atoms with van der Waals surface area (Å²) in [6.45, 7) is 2.01. The van der Waals surface area contributed by atoms with Gasteiger partial charge in [-0.1, -0.05) is 12.8 Å². The van der Waals surface area contributed by atoms with Crippen LogP contribution in [0.15, 0.2) is 12.3 Å². The summed E-state index contributed by atoms with van der Waals surface area (Å²) in [6, 6.07) is 2.59. The van der Waals surface area contributed by atoms with Crippen molar-refractivity contribution >= 4 is 5.95 Å². The van der Waals surface area contributed by atoms with Gasteiger partial charge in [0.1, 0.15) is 0 Å². The molecule has 0 saturated heterocycles. The predicted molar refractivity (Wildman–Crippen MR) is 57.4 cm³/mol. The normalized spacial score (nSPS) is 17.3. The van der Waals surface area contributed by atoms with E-state index in [2.05, 4.69) is 21.9 Å². The number of aryl methyl sites for hydroxylation is 1. The minimum atomic E-state index is 0.650. The molecule has 0 aromatic carbocycles. The van der Waals surface area contributed by atoms with E-state index in [1.165, 1.54) is 25.7 Å². The Balaban J connectivity index is 2.13. The van der Waals surface area contributed by atoms with Gasteiger partial charge >= 0.3 is 0 Å². The number of nitrogens with zero attached hydrogens (tertiary/aromatic N) is 3. The molecule has 3 heteroatoms. The second kappa shape index (κ2) is 3.95. The molecule has 0 aliphatic heterocycles. The van der Waals surface area contributed by atoms with Gasteiger partial charge in [-0.05, 0) is 25.8 Å². The molecule has 1 heterocycles. The maximum Gasteiger partial charge on any atom is 0.225 e. The molecule has 1 fully saturated rings. The van der Waals surface area contributed by atoms with E-state index in [0.717, 1.165) is 11.6 Å². The first-order valence-electron chi connectivity index (χ1n) is 5.30. The number of rotatable bonds is 2. The third-order valence-electron chi connectivity index (χ3n) is 2.97. The molecule has 1 aromatic rings. The van der Waals surface area contributed by atoms with Crippen LogP contribution in [0.4, 0.5) is 5.95 Å². The van der Waals surface area contributed by atoms with Crippen LogP contribution in [-0.2, 0) is 0 Å². The van der Waals surface area contributed by atoms with Crippen LogP contribution >= 0.6 is 0 Å². The SMILES string of the molecule is Cc1ccnc(N(C)C2CCCC2)n1. The highest BCUT2D eigenvalue weighted by molar-refractivity contribution is 5.30. The molecule has 2 rings (SSSR count). The molecule has 0 bridgehead atoms. The summed E-state index contributed by atoms with van der Waals surface area (Å²) in [6.07, 6.45) is 7.10. The van der Waals surface area contributed by atoms with E-state index in [1.807, 2.05) is 19.2 Å². The second-order valence-electron chi connectivity index (χ2n) is 4.05. The fourth-order valence-electron chi connectivity index (χ4n) is 2.06. The van der Waals surface area contributed by atoms with E-state index < -0.39 is 0 Å². The molecule has 1 saturated carbocycles. The zero-order valence-corrected chi connectivity index (χ0v) is 8.90. The summed E-state index contributed by atoms with van der Waals surface area (Å²) in [4.78, 5) is 11.0. The zero-order valence-electron chi connectivity index (χ0n) is 8.90. The Morgan fingerprint density at radius 2 is 2.07 bits per heavy atom. The Hall–Kier alpha value is -1.12. The standard InChI is InChI=1S/C11H17N3/c1-9-7-8-12-11(13-9)14(2)10-5-3-4-6-10/h7-8,10H,3-6H2,1-2H3. The minimum absolute atomic E-state index is 0.650. The molecule has 0 spiro atoms. The van der Waals surface area contributed by atoms with Gasteiger partial charge in [-0.25, -0.2) is 9.97 Å². The third-order valence-corrected chi connectivity index (χ3v) is 2.97. The lowest BCUT2D eigenvalue weighted by Crippen LogP contribution is -2.30. The van der Waals surface area contributed by atoms with Gasteiger partial charge in [0.15, 0.2) is 0 Å². The van der Waals surface area contributed by atoms with Crippen LogP contribution in [0, 0.1) is 6.92 Å². The third kappa shape index (κ3) is 1.86. The van der Waals surface area contributed by atoms with Crippen molar-refractivity contribution < 1.29 is 0 Å². The second-order valence-corrected chi connectivity index (χ2v) is 4.05. The first-order chi connectivity index (χ1) is 6.77. The molecular weight excluding hydrogens is 174 g/mol. The van der Waals surface area contributed by atoms with Crippen molar-refractivity contribution in [2.24, 2.45) is 0 Å². The van der Waals surface area contributed by atoms with Crippen molar-refractivity contribution in [3.05, 3.63) is 18.0 Å². The van der Waals surface area contributed by atoms with Crippen LogP contribution in [-0.4, -0.2) is 23.1 Å². The molecule has 0 amide bonds. The highest BCUT2D eigenvalue weighted by Gasteiger charge is 2.21. The van der Waals surface area contributed by atoms with Gasteiger partial charge in [-0.3, -0.25) is 0 Å². The van der Waals surface area contributed by atoms with Gasteiger partial charge in [-0.2, -0.15) is 0 Å². The minimum Gasteiger partial charge on any atom is -0.341 e. The van der Waals surface area contributed by atoms with Crippen molar-refractivity contribution in [1.29, 1.82) is 0 Å². The molecule has 0 unspecified atom stereocenters. The van der Waals surface area contributed by atoms with Crippen LogP contribution < -0.4 is 4.90 Å². The van der Waals surface area contributed by atoms with Crippen molar-refractivity contribution in [3.8, 4) is 0 Å². The largest absolute Gasteiger partial charge is 0.341 e. The fourth-order valence-corrected chi connectivity index (χ4v) is 2.06. The summed E-state index contributed by atoms with van der Waals surface area (Å²) in [5.41, 5.74) is 1.04. The maximum atomic E-state index is 4.43. The molecule has 0 atom stereocenters. The topological polar surface area (TPSA) is 29.0 Å². The van der Waals surface area contributed by atoms with Gasteiger partial charge in [0.25, 0.3) is 0 Å². The number of aromatic nitrogens is 2. The highest BCUT2D eigenvalue weighted by atomic mass is 15.2. The number of hydrogen-bond acceptors (Lipinski definition) is 3. The van der Waals surface area contributed by atoms with Gasteiger partial charge in [-0.15, -0.1) is 0 Å². The number of anilines is 1. The molecule has 1 aliphatic rings. The molecule has 1 aromatic heterocycles. The van der Waals surface area contributed by atoms with Crippen LogP contribution in [0.3, 0.4) is 0 Å². The molecule has 76 valence electrons. The molecule has 0 radical (unpaired) electrons. The average Bonchev–Trinajstić information content (AvgIpc) is 2.69. The first kappa shape index (κ1) is 9.44. The van der Waals surface area contributed by atoms with Gasteiger partial charge in [0.05, 0.1) is 0 Å². The molecule has 1 aliphatic carbocycles. The molecule has 0 N–H and O–H groups in total. The van der Waals surface area contributed by atoms with E-state index >= 15 is 0 Å². The van der Waals surface area contributed by atoms with Crippen molar-refractivity contribution in [3.63, 3.8) is 0 Å². The summed E-state index contributed by atoms with van der Waals surface area (Å²) < 4.78 is 0. The Morgan fingerprint density at radius 3 is 2.71 bits per heavy atom. The smallest absolute Gasteiger partial charge is 0.225 e. The zero-order chi connectivity index (χ0) is 9.97. The highest BCUT2D eigenvalue weighted by Crippen LogP contribution is 2.24. The Morgan fingerprint density at radius 1 is 1.36 bits per heavy atom. The van der Waals surface area contributed by atoms with Crippen LogP contribution in [0.5, 0.6) is 0 Å². The predicted octanol–water partition coefficient (Wildman–Crippen LogP) is 2.16. The maximum absolute atomic E-state index is 4.43. The summed E-state index contributed by atoms with van der Waals surface area (Å²) in [5, 5.41) is 0. The summed E-state index contributed by atoms with van der Waals surface area (Å²) in [5.74, 6) is 0.872. The summed E-state index contributed by atoms with van der Waals surface area (Å²) in [7, 11) is 2.10. The van der Waals surface area contributed by atoms with Gasteiger partial charge in [0, 0.05) is 25.0 Å². The fraction of sp³-hybridized carbons (Fsp3) is 0.636. The van der Waals surface area contributed by atoms with Crippen molar-refractivity contribution in [2.45, 2.75) is 38.6 Å². The molecule has 3 nitrogen and oxygen atoms in total. The number of hydrogen-bond donors (Lipinski definition) is 0. The van der Waals surface area contributed by atoms with Gasteiger partial charge in [0.2, 0.25) is 5.95 Å². The van der Waals surface area contributed by atoms with E-state index in [4.69, 9.17) is 0 Å². The van der Waals surface area contributed by atoms with E-state index in [1.54, 1.807) is 0 Å². The lowest BCUT2D eigenvalue weighted by molar-refractivity contribution is 0.637. The van der Waals surface area contributed by atoms with E-state index in [9.17, 15) is 0 Å². The molecule has 14 heavy (non-hydrogen) atoms. The van der Waals surface area contributed by atoms with Crippen LogP contribution in [0.2, 0.25) is 0 Å². The first-order valence-corrected chi connectivity index (χ1v) is 5.30. The van der Waals surface area contributed by atoms with Crippen molar-refractivity contribution in [2.75, 3.05) is 11.9 Å². The lowest BCUT2D eigenvalue weighted by atomic mass is 10.2. The van der Waals surface area contributed by atoms with Gasteiger partial charge < -0.3 is 4.90 Å².